The quantitative estimate of drug-likeness (QED) is 0.819. The predicted molar refractivity (Wildman–Crippen MR) is 69.3 cm³/mol. The normalized spacial score (nSPS) is 25.9. The van der Waals surface area contributed by atoms with Gasteiger partial charge in [0, 0.05) is 24.6 Å². The van der Waals surface area contributed by atoms with Gasteiger partial charge in [0.15, 0.2) is 0 Å². The molecule has 1 N–H and O–H groups in total. The van der Waals surface area contributed by atoms with Crippen LogP contribution in [0.5, 0.6) is 0 Å². The second-order valence-corrected chi connectivity index (χ2v) is 4.55. The number of β-amino-alcohol motifs (C(OH)–C–C–N with tert-alkyl or cyclic N) is 1. The number of para-hydroxylation sites is 1. The molecule has 1 aromatic rings. The third kappa shape index (κ3) is 2.54. The first-order chi connectivity index (χ1) is 9.19. The molecule has 0 aliphatic carbocycles. The molecule has 0 radical (unpaired) electrons. The van der Waals surface area contributed by atoms with E-state index in [9.17, 15) is 9.90 Å². The van der Waals surface area contributed by atoms with Crippen LogP contribution in [0, 0.1) is 17.2 Å². The van der Waals surface area contributed by atoms with Crippen molar-refractivity contribution in [1.29, 1.82) is 5.26 Å². The fraction of sp³-hybridized carbons (Fsp3) is 0.429. The number of carbonyl (C=O) groups excluding carboxylic acids is 1. The smallest absolute Gasteiger partial charge is 0.328 e. The number of methoxy groups -OCH3 is 1. The maximum Gasteiger partial charge on any atom is 0.328 e. The third-order valence-corrected chi connectivity index (χ3v) is 3.48. The van der Waals surface area contributed by atoms with Crippen LogP contribution in [0.15, 0.2) is 30.3 Å². The van der Waals surface area contributed by atoms with Crippen LogP contribution >= 0.6 is 0 Å². The summed E-state index contributed by atoms with van der Waals surface area (Å²) in [5.74, 6) is -0.835. The molecule has 0 bridgehead atoms. The fourth-order valence-corrected chi connectivity index (χ4v) is 2.55. The lowest BCUT2D eigenvalue weighted by Crippen LogP contribution is -2.40. The molecule has 100 valence electrons. The molecule has 0 spiro atoms. The second kappa shape index (κ2) is 5.72. The molecule has 1 fully saturated rings. The number of ether oxygens (including phenoxy) is 1. The highest BCUT2D eigenvalue weighted by atomic mass is 16.5. The van der Waals surface area contributed by atoms with E-state index in [0.717, 1.165) is 5.69 Å². The van der Waals surface area contributed by atoms with E-state index in [2.05, 4.69) is 0 Å². The first-order valence-electron chi connectivity index (χ1n) is 6.13. The maximum atomic E-state index is 11.9. The van der Waals surface area contributed by atoms with E-state index >= 15 is 0 Å². The van der Waals surface area contributed by atoms with Gasteiger partial charge in [-0.3, -0.25) is 0 Å². The topological polar surface area (TPSA) is 73.6 Å². The van der Waals surface area contributed by atoms with Gasteiger partial charge in [-0.25, -0.2) is 4.79 Å². The maximum absolute atomic E-state index is 11.9. The summed E-state index contributed by atoms with van der Waals surface area (Å²) in [6.45, 7) is 0.329. The SMILES string of the molecule is COC(=O)[C@@H]1[C@H](CC#N)[C@@H](O)CN1c1ccccc1. The van der Waals surface area contributed by atoms with Gasteiger partial charge in [0.2, 0.25) is 0 Å². The van der Waals surface area contributed by atoms with Crippen molar-refractivity contribution < 1.29 is 14.6 Å². The van der Waals surface area contributed by atoms with Gasteiger partial charge in [-0.2, -0.15) is 5.26 Å². The molecule has 19 heavy (non-hydrogen) atoms. The molecule has 5 heteroatoms. The molecule has 0 saturated carbocycles. The van der Waals surface area contributed by atoms with E-state index in [-0.39, 0.29) is 6.42 Å². The molecular weight excluding hydrogens is 244 g/mol. The number of anilines is 1. The average molecular weight is 260 g/mol. The highest BCUT2D eigenvalue weighted by Gasteiger charge is 2.45. The molecular formula is C14H16N2O3. The van der Waals surface area contributed by atoms with Crippen molar-refractivity contribution >= 4 is 11.7 Å². The van der Waals surface area contributed by atoms with E-state index in [4.69, 9.17) is 10.00 Å². The number of aliphatic hydroxyl groups excluding tert-OH is 1. The summed E-state index contributed by atoms with van der Waals surface area (Å²) in [5.41, 5.74) is 0.845. The lowest BCUT2D eigenvalue weighted by molar-refractivity contribution is -0.143. The lowest BCUT2D eigenvalue weighted by Gasteiger charge is -2.26. The summed E-state index contributed by atoms with van der Waals surface area (Å²) in [6, 6.07) is 10.8. The molecule has 1 aliphatic rings. The van der Waals surface area contributed by atoms with Gasteiger partial charge in [-0.1, -0.05) is 18.2 Å². The van der Waals surface area contributed by atoms with Crippen molar-refractivity contribution in [3.05, 3.63) is 30.3 Å². The van der Waals surface area contributed by atoms with Crippen LogP contribution in [0.3, 0.4) is 0 Å². The van der Waals surface area contributed by atoms with Gasteiger partial charge in [-0.15, -0.1) is 0 Å². The minimum atomic E-state index is -0.705. The first-order valence-corrected chi connectivity index (χ1v) is 6.13. The molecule has 1 saturated heterocycles. The van der Waals surface area contributed by atoms with Gasteiger partial charge < -0.3 is 14.7 Å². The minimum Gasteiger partial charge on any atom is -0.467 e. The second-order valence-electron chi connectivity index (χ2n) is 4.55. The van der Waals surface area contributed by atoms with Crippen LogP contribution in [0.25, 0.3) is 0 Å². The number of esters is 1. The molecule has 3 atom stereocenters. The molecule has 1 aliphatic heterocycles. The molecule has 0 amide bonds. The summed E-state index contributed by atoms with van der Waals surface area (Å²) in [4.78, 5) is 13.7. The Morgan fingerprint density at radius 3 is 2.79 bits per heavy atom. The number of nitriles is 1. The summed E-state index contributed by atoms with van der Waals surface area (Å²) in [7, 11) is 1.32. The van der Waals surface area contributed by atoms with E-state index in [0.29, 0.717) is 6.54 Å². The fourth-order valence-electron chi connectivity index (χ4n) is 2.55. The van der Waals surface area contributed by atoms with Gasteiger partial charge in [0.25, 0.3) is 0 Å². The van der Waals surface area contributed by atoms with Gasteiger partial charge in [0.1, 0.15) is 6.04 Å². The highest BCUT2D eigenvalue weighted by Crippen LogP contribution is 2.32. The van der Waals surface area contributed by atoms with Crippen LogP contribution in [0.4, 0.5) is 5.69 Å². The highest BCUT2D eigenvalue weighted by molar-refractivity contribution is 5.81. The zero-order valence-electron chi connectivity index (χ0n) is 10.7. The third-order valence-electron chi connectivity index (χ3n) is 3.48. The number of carbonyl (C=O) groups is 1. The van der Waals surface area contributed by atoms with E-state index in [1.165, 1.54) is 7.11 Å². The number of rotatable bonds is 3. The number of aliphatic hydroxyl groups is 1. The molecule has 5 nitrogen and oxygen atoms in total. The number of hydrogen-bond acceptors (Lipinski definition) is 5. The zero-order valence-corrected chi connectivity index (χ0v) is 10.7. The average Bonchev–Trinajstić information content (AvgIpc) is 2.77. The molecule has 2 rings (SSSR count). The lowest BCUT2D eigenvalue weighted by atomic mass is 9.95. The summed E-state index contributed by atoms with van der Waals surface area (Å²) in [6.07, 6.45) is -0.575. The van der Waals surface area contributed by atoms with E-state index in [1.54, 1.807) is 4.90 Å². The largest absolute Gasteiger partial charge is 0.467 e. The first kappa shape index (κ1) is 13.4. The van der Waals surface area contributed by atoms with Gasteiger partial charge >= 0.3 is 5.97 Å². The Morgan fingerprint density at radius 2 is 2.21 bits per heavy atom. The molecule has 0 unspecified atom stereocenters. The van der Waals surface area contributed by atoms with Crippen molar-refractivity contribution in [1.82, 2.24) is 0 Å². The van der Waals surface area contributed by atoms with Crippen LogP contribution in [0.1, 0.15) is 6.42 Å². The number of hydrogen-bond donors (Lipinski definition) is 1. The number of nitrogens with zero attached hydrogens (tertiary/aromatic N) is 2. The Labute approximate surface area is 112 Å². The Kier molecular flexibility index (Phi) is 4.03. The standard InChI is InChI=1S/C14H16N2O3/c1-19-14(18)13-11(7-8-15)12(17)9-16(13)10-5-3-2-4-6-10/h2-6,11-13,17H,7,9H2,1H3/t11-,12+,13+/m1/s1. The Morgan fingerprint density at radius 1 is 1.53 bits per heavy atom. The van der Waals surface area contributed by atoms with Crippen LogP contribution in [-0.4, -0.2) is 36.9 Å². The summed E-state index contributed by atoms with van der Waals surface area (Å²) >= 11 is 0. The van der Waals surface area contributed by atoms with Crippen molar-refractivity contribution in [2.45, 2.75) is 18.6 Å². The molecule has 0 aromatic heterocycles. The van der Waals surface area contributed by atoms with Gasteiger partial charge in [0.05, 0.1) is 19.3 Å². The minimum absolute atomic E-state index is 0.129. The Balaban J connectivity index is 2.33. The van der Waals surface area contributed by atoms with Gasteiger partial charge in [-0.05, 0) is 12.1 Å². The van der Waals surface area contributed by atoms with Crippen molar-refractivity contribution in [3.63, 3.8) is 0 Å². The zero-order chi connectivity index (χ0) is 13.8. The summed E-state index contributed by atoms with van der Waals surface area (Å²) in [5, 5.41) is 18.9. The van der Waals surface area contributed by atoms with E-state index in [1.807, 2.05) is 36.4 Å². The number of benzene rings is 1. The predicted octanol–water partition coefficient (Wildman–Crippen LogP) is 0.939. The molecule has 1 heterocycles. The van der Waals surface area contributed by atoms with Crippen LogP contribution in [0.2, 0.25) is 0 Å². The summed E-state index contributed by atoms with van der Waals surface area (Å²) < 4.78 is 4.81. The van der Waals surface area contributed by atoms with E-state index < -0.39 is 24.0 Å². The van der Waals surface area contributed by atoms with Crippen LogP contribution < -0.4 is 4.90 Å². The van der Waals surface area contributed by atoms with Crippen LogP contribution in [-0.2, 0) is 9.53 Å². The molecule has 1 aromatic carbocycles. The monoisotopic (exact) mass is 260 g/mol. The van der Waals surface area contributed by atoms with Crippen molar-refractivity contribution in [2.75, 3.05) is 18.6 Å². The van der Waals surface area contributed by atoms with Crippen molar-refractivity contribution in [2.24, 2.45) is 5.92 Å². The Bertz CT molecular complexity index is 483. The van der Waals surface area contributed by atoms with Crippen molar-refractivity contribution in [3.8, 4) is 6.07 Å². The Hall–Kier alpha value is -2.06.